The zero-order valence-corrected chi connectivity index (χ0v) is 19.5. The van der Waals surface area contributed by atoms with Crippen LogP contribution in [0.3, 0.4) is 0 Å². The number of benzene rings is 3. The van der Waals surface area contributed by atoms with Crippen LogP contribution in [-0.2, 0) is 21.0 Å². The lowest BCUT2D eigenvalue weighted by Gasteiger charge is -2.33. The van der Waals surface area contributed by atoms with Crippen molar-refractivity contribution in [1.29, 1.82) is 0 Å². The molecule has 1 spiro atoms. The lowest BCUT2D eigenvalue weighted by atomic mass is 10.0. The number of ether oxygens (including phenoxy) is 2. The van der Waals surface area contributed by atoms with Crippen molar-refractivity contribution < 1.29 is 19.1 Å². The van der Waals surface area contributed by atoms with Gasteiger partial charge < -0.3 is 14.4 Å². The summed E-state index contributed by atoms with van der Waals surface area (Å²) in [5.74, 6) is 1.05. The Kier molecular flexibility index (Phi) is 5.29. The molecule has 1 atom stereocenters. The van der Waals surface area contributed by atoms with Crippen LogP contribution < -0.4 is 19.3 Å². The monoisotopic (exact) mass is 460 g/mol. The van der Waals surface area contributed by atoms with Crippen LogP contribution in [0.4, 0.5) is 11.4 Å². The van der Waals surface area contributed by atoms with E-state index in [0.717, 1.165) is 22.4 Å². The molecular weight excluding hydrogens is 436 g/mol. The summed E-state index contributed by atoms with van der Waals surface area (Å²) in [6, 6.07) is 21.1. The molecule has 0 saturated carbocycles. The molecule has 0 aromatic heterocycles. The molecule has 3 aromatic carbocycles. The quantitative estimate of drug-likeness (QED) is 0.562. The number of amides is 2. The van der Waals surface area contributed by atoms with Crippen LogP contribution in [0.2, 0.25) is 0 Å². The minimum Gasteiger partial charge on any atom is -0.493 e. The predicted octanol–water partition coefficient (Wildman–Crippen LogP) is 4.49. The van der Waals surface area contributed by atoms with E-state index in [0.29, 0.717) is 23.7 Å². The number of fused-ring (bicyclic) bond motifs is 2. The average molecular weight is 461 g/mol. The fraction of sp³-hybridized carbons (Fsp3) is 0.231. The maximum absolute atomic E-state index is 14.2. The standard InChI is InChI=1S/C26H24N2O4S/c1-17-8-4-5-9-18(17)15-27-21-11-7-6-10-20(21)26(25(27)30)28(24(29)16-33-26)19-12-13-22(31-2)23(14-19)32-3/h4-14H,15-16H2,1-3H3/t26-/m1/s1. The second kappa shape index (κ2) is 8.15. The molecule has 0 bridgehead atoms. The molecule has 2 heterocycles. The van der Waals surface area contributed by atoms with Crippen molar-refractivity contribution in [3.63, 3.8) is 0 Å². The van der Waals surface area contributed by atoms with Crippen molar-refractivity contribution >= 4 is 35.0 Å². The van der Waals surface area contributed by atoms with Crippen LogP contribution in [0.5, 0.6) is 11.5 Å². The molecule has 7 heteroatoms. The first-order valence-electron chi connectivity index (χ1n) is 10.7. The molecule has 2 aliphatic heterocycles. The molecule has 2 aliphatic rings. The zero-order valence-electron chi connectivity index (χ0n) is 18.7. The third kappa shape index (κ3) is 3.18. The Morgan fingerprint density at radius 2 is 1.67 bits per heavy atom. The number of anilines is 2. The molecule has 0 N–H and O–H groups in total. The number of rotatable bonds is 5. The number of methoxy groups -OCH3 is 2. The molecule has 3 aromatic rings. The number of carbonyl (C=O) groups is 2. The number of para-hydroxylation sites is 1. The van der Waals surface area contributed by atoms with Gasteiger partial charge in [0.15, 0.2) is 11.5 Å². The Bertz CT molecular complexity index is 1260. The number of thioether (sulfide) groups is 1. The molecular formula is C26H24N2O4S. The van der Waals surface area contributed by atoms with Crippen LogP contribution in [0.25, 0.3) is 0 Å². The van der Waals surface area contributed by atoms with Gasteiger partial charge in [0.1, 0.15) is 0 Å². The van der Waals surface area contributed by atoms with Gasteiger partial charge in [0, 0.05) is 17.3 Å². The first-order chi connectivity index (χ1) is 16.0. The third-order valence-corrected chi connectivity index (χ3v) is 7.66. The average Bonchev–Trinajstić information content (AvgIpc) is 3.30. The molecule has 168 valence electrons. The van der Waals surface area contributed by atoms with E-state index in [1.165, 1.54) is 11.8 Å². The van der Waals surface area contributed by atoms with Gasteiger partial charge in [-0.1, -0.05) is 42.5 Å². The summed E-state index contributed by atoms with van der Waals surface area (Å²) in [6.45, 7) is 2.49. The minimum atomic E-state index is -1.16. The van der Waals surface area contributed by atoms with Crippen LogP contribution >= 0.6 is 11.8 Å². The largest absolute Gasteiger partial charge is 0.493 e. The van der Waals surface area contributed by atoms with Gasteiger partial charge in [-0.15, -0.1) is 11.8 Å². The minimum absolute atomic E-state index is 0.113. The second-order valence-electron chi connectivity index (χ2n) is 8.04. The highest BCUT2D eigenvalue weighted by atomic mass is 32.2. The van der Waals surface area contributed by atoms with E-state index in [2.05, 4.69) is 0 Å². The van der Waals surface area contributed by atoms with Gasteiger partial charge in [-0.3, -0.25) is 14.5 Å². The highest BCUT2D eigenvalue weighted by Crippen LogP contribution is 2.56. The maximum atomic E-state index is 14.2. The van der Waals surface area contributed by atoms with E-state index in [1.807, 2.05) is 55.5 Å². The van der Waals surface area contributed by atoms with Gasteiger partial charge >= 0.3 is 0 Å². The SMILES string of the molecule is COc1ccc(N2C(=O)CS[C@]23C(=O)N(Cc2ccccc2C)c2ccccc23)cc1OC. The number of hydrogen-bond acceptors (Lipinski definition) is 5. The van der Waals surface area contributed by atoms with E-state index in [-0.39, 0.29) is 17.6 Å². The first kappa shape index (κ1) is 21.4. The van der Waals surface area contributed by atoms with Gasteiger partial charge in [-0.05, 0) is 36.2 Å². The Morgan fingerprint density at radius 3 is 2.42 bits per heavy atom. The van der Waals surface area contributed by atoms with E-state index in [9.17, 15) is 9.59 Å². The topological polar surface area (TPSA) is 59.1 Å². The van der Waals surface area contributed by atoms with Gasteiger partial charge in [-0.25, -0.2) is 0 Å². The Morgan fingerprint density at radius 1 is 0.939 bits per heavy atom. The lowest BCUT2D eigenvalue weighted by Crippen LogP contribution is -2.49. The van der Waals surface area contributed by atoms with E-state index < -0.39 is 4.87 Å². The molecule has 0 radical (unpaired) electrons. The smallest absolute Gasteiger partial charge is 0.269 e. The first-order valence-corrected chi connectivity index (χ1v) is 11.6. The summed E-state index contributed by atoms with van der Waals surface area (Å²) >= 11 is 1.37. The summed E-state index contributed by atoms with van der Waals surface area (Å²) in [4.78, 5) is 29.7. The number of aryl methyl sites for hydroxylation is 1. The van der Waals surface area contributed by atoms with Gasteiger partial charge in [0.2, 0.25) is 10.8 Å². The molecule has 0 aliphatic carbocycles. The fourth-order valence-corrected chi connectivity index (χ4v) is 5.99. The molecule has 5 rings (SSSR count). The van der Waals surface area contributed by atoms with Crippen molar-refractivity contribution in [2.75, 3.05) is 29.8 Å². The summed E-state index contributed by atoms with van der Waals surface area (Å²) in [7, 11) is 3.12. The van der Waals surface area contributed by atoms with Gasteiger partial charge in [-0.2, -0.15) is 0 Å². The number of carbonyl (C=O) groups excluding carboxylic acids is 2. The Labute approximate surface area is 197 Å². The van der Waals surface area contributed by atoms with Crippen molar-refractivity contribution in [2.24, 2.45) is 0 Å². The van der Waals surface area contributed by atoms with Gasteiger partial charge in [0.05, 0.1) is 32.2 Å². The second-order valence-corrected chi connectivity index (χ2v) is 9.20. The highest BCUT2D eigenvalue weighted by Gasteiger charge is 2.61. The van der Waals surface area contributed by atoms with Crippen molar-refractivity contribution in [3.05, 3.63) is 83.4 Å². The number of hydrogen-bond donors (Lipinski definition) is 0. The third-order valence-electron chi connectivity index (χ3n) is 6.28. The number of nitrogens with zero attached hydrogens (tertiary/aromatic N) is 2. The van der Waals surface area contributed by atoms with Crippen LogP contribution in [0, 0.1) is 6.92 Å². The molecule has 1 saturated heterocycles. The van der Waals surface area contributed by atoms with E-state index >= 15 is 0 Å². The van der Waals surface area contributed by atoms with E-state index in [4.69, 9.17) is 9.47 Å². The van der Waals surface area contributed by atoms with Crippen molar-refractivity contribution in [3.8, 4) is 11.5 Å². The van der Waals surface area contributed by atoms with Gasteiger partial charge in [0.25, 0.3) is 5.91 Å². The Hall–Kier alpha value is -3.45. The van der Waals surface area contributed by atoms with E-state index in [1.54, 1.807) is 42.2 Å². The molecule has 0 unspecified atom stereocenters. The molecule has 1 fully saturated rings. The summed E-state index contributed by atoms with van der Waals surface area (Å²) in [5.41, 5.74) is 4.46. The van der Waals surface area contributed by atoms with Crippen LogP contribution in [0.15, 0.2) is 66.7 Å². The highest BCUT2D eigenvalue weighted by molar-refractivity contribution is 8.02. The van der Waals surface area contributed by atoms with Crippen LogP contribution in [0.1, 0.15) is 16.7 Å². The fourth-order valence-electron chi connectivity index (χ4n) is 4.63. The summed E-state index contributed by atoms with van der Waals surface area (Å²) in [6.07, 6.45) is 0. The van der Waals surface area contributed by atoms with Crippen molar-refractivity contribution in [1.82, 2.24) is 0 Å². The maximum Gasteiger partial charge on any atom is 0.269 e. The molecule has 2 amide bonds. The normalized spacial score (nSPS) is 19.4. The molecule has 33 heavy (non-hydrogen) atoms. The molecule has 6 nitrogen and oxygen atoms in total. The summed E-state index contributed by atoms with van der Waals surface area (Å²) < 4.78 is 10.8. The lowest BCUT2D eigenvalue weighted by molar-refractivity contribution is -0.123. The summed E-state index contributed by atoms with van der Waals surface area (Å²) in [5, 5.41) is 0. The zero-order chi connectivity index (χ0) is 23.2. The predicted molar refractivity (Wildman–Crippen MR) is 130 cm³/mol. The van der Waals surface area contributed by atoms with Crippen LogP contribution in [-0.4, -0.2) is 31.8 Å². The van der Waals surface area contributed by atoms with Crippen molar-refractivity contribution in [2.45, 2.75) is 18.3 Å². The Balaban J connectivity index is 1.64.